The Kier molecular flexibility index (Phi) is 5.46. The molecule has 0 unspecified atom stereocenters. The van der Waals surface area contributed by atoms with Gasteiger partial charge in [0, 0.05) is 10.8 Å². The van der Waals surface area contributed by atoms with E-state index in [1.807, 2.05) is 42.5 Å². The van der Waals surface area contributed by atoms with Crippen molar-refractivity contribution in [3.63, 3.8) is 0 Å². The van der Waals surface area contributed by atoms with Crippen LogP contribution in [0, 0.1) is 5.82 Å². The third-order valence-electron chi connectivity index (χ3n) is 4.40. The zero-order valence-electron chi connectivity index (χ0n) is 14.8. The van der Waals surface area contributed by atoms with Crippen LogP contribution >= 0.6 is 23.4 Å². The Morgan fingerprint density at radius 2 is 1.68 bits per heavy atom. The molecule has 0 saturated carbocycles. The normalized spacial score (nSPS) is 11.1. The second-order valence-electron chi connectivity index (χ2n) is 6.31. The summed E-state index contributed by atoms with van der Waals surface area (Å²) in [6.45, 7) is 0.321. The zero-order valence-corrected chi connectivity index (χ0v) is 16.4. The molecule has 0 radical (unpaired) electrons. The van der Waals surface area contributed by atoms with Gasteiger partial charge in [-0.25, -0.2) is 9.37 Å². The van der Waals surface area contributed by atoms with E-state index in [0.717, 1.165) is 11.1 Å². The van der Waals surface area contributed by atoms with Gasteiger partial charge in [-0.1, -0.05) is 65.8 Å². The van der Waals surface area contributed by atoms with Crippen LogP contribution in [0.1, 0.15) is 11.1 Å². The molecule has 4 aromatic rings. The lowest BCUT2D eigenvalue weighted by Crippen LogP contribution is -2.24. The highest BCUT2D eigenvalue weighted by molar-refractivity contribution is 7.98. The van der Waals surface area contributed by atoms with Crippen LogP contribution in [0.25, 0.3) is 10.9 Å². The van der Waals surface area contributed by atoms with E-state index in [2.05, 4.69) is 0 Å². The Bertz CT molecular complexity index is 1190. The third kappa shape index (κ3) is 3.96. The van der Waals surface area contributed by atoms with E-state index in [9.17, 15) is 9.18 Å². The number of fused-ring (bicyclic) bond motifs is 1. The van der Waals surface area contributed by atoms with Crippen LogP contribution in [-0.2, 0) is 12.3 Å². The molecule has 0 saturated heterocycles. The van der Waals surface area contributed by atoms with Gasteiger partial charge in [-0.15, -0.1) is 0 Å². The number of hydrogen-bond donors (Lipinski definition) is 0. The minimum absolute atomic E-state index is 0.114. The summed E-state index contributed by atoms with van der Waals surface area (Å²) in [5, 5.41) is 1.85. The maximum atomic E-state index is 13.2. The molecule has 0 fully saturated rings. The van der Waals surface area contributed by atoms with E-state index in [1.54, 1.807) is 22.8 Å². The maximum absolute atomic E-state index is 13.2. The van der Waals surface area contributed by atoms with Gasteiger partial charge < -0.3 is 0 Å². The van der Waals surface area contributed by atoms with E-state index in [0.29, 0.717) is 33.4 Å². The molecular formula is C22H16ClFN2OS. The number of thioether (sulfide) groups is 1. The van der Waals surface area contributed by atoms with Crippen LogP contribution in [0.3, 0.4) is 0 Å². The standard InChI is InChI=1S/C22H16ClFN2OS/c23-19-7-3-1-5-16(19)14-28-22-25-20-8-4-2-6-18(20)21(27)26(22)13-15-9-11-17(24)12-10-15/h1-12H,13-14H2. The minimum Gasteiger partial charge on any atom is -0.283 e. The highest BCUT2D eigenvalue weighted by atomic mass is 35.5. The Morgan fingerprint density at radius 1 is 0.964 bits per heavy atom. The van der Waals surface area contributed by atoms with E-state index in [4.69, 9.17) is 16.6 Å². The van der Waals surface area contributed by atoms with Crippen molar-refractivity contribution >= 4 is 34.3 Å². The fourth-order valence-electron chi connectivity index (χ4n) is 2.93. The monoisotopic (exact) mass is 410 g/mol. The fourth-order valence-corrected chi connectivity index (χ4v) is 4.21. The quantitative estimate of drug-likeness (QED) is 0.320. The average molecular weight is 411 g/mol. The van der Waals surface area contributed by atoms with Gasteiger partial charge in [0.2, 0.25) is 0 Å². The molecule has 3 nitrogen and oxygen atoms in total. The lowest BCUT2D eigenvalue weighted by Gasteiger charge is -2.13. The lowest BCUT2D eigenvalue weighted by molar-refractivity contribution is 0.622. The number of benzene rings is 3. The second kappa shape index (κ2) is 8.17. The van der Waals surface area contributed by atoms with Crippen LogP contribution in [-0.4, -0.2) is 9.55 Å². The first-order valence-corrected chi connectivity index (χ1v) is 10.1. The average Bonchev–Trinajstić information content (AvgIpc) is 2.71. The molecule has 1 aromatic heterocycles. The number of rotatable bonds is 5. The summed E-state index contributed by atoms with van der Waals surface area (Å²) in [5.74, 6) is 0.287. The Balaban J connectivity index is 1.75. The predicted octanol–water partition coefficient (Wildman–Crippen LogP) is 5.53. The van der Waals surface area contributed by atoms with Crippen molar-refractivity contribution in [1.29, 1.82) is 0 Å². The van der Waals surface area contributed by atoms with Crippen molar-refractivity contribution in [1.82, 2.24) is 9.55 Å². The van der Waals surface area contributed by atoms with Crippen LogP contribution in [0.2, 0.25) is 5.02 Å². The molecule has 4 rings (SSSR count). The predicted molar refractivity (Wildman–Crippen MR) is 113 cm³/mol. The van der Waals surface area contributed by atoms with Gasteiger partial charge in [-0.3, -0.25) is 9.36 Å². The highest BCUT2D eigenvalue weighted by Gasteiger charge is 2.13. The Hall–Kier alpha value is -2.63. The van der Waals surface area contributed by atoms with Crippen molar-refractivity contribution < 1.29 is 4.39 Å². The second-order valence-corrected chi connectivity index (χ2v) is 7.66. The van der Waals surface area contributed by atoms with E-state index >= 15 is 0 Å². The Morgan fingerprint density at radius 3 is 2.46 bits per heavy atom. The van der Waals surface area contributed by atoms with Crippen molar-refractivity contribution in [2.24, 2.45) is 0 Å². The van der Waals surface area contributed by atoms with Crippen LogP contribution in [0.15, 0.2) is 82.7 Å². The molecule has 28 heavy (non-hydrogen) atoms. The lowest BCUT2D eigenvalue weighted by atomic mass is 10.2. The van der Waals surface area contributed by atoms with Gasteiger partial charge in [-0.2, -0.15) is 0 Å². The number of nitrogens with zero attached hydrogens (tertiary/aromatic N) is 2. The minimum atomic E-state index is -0.305. The fraction of sp³-hybridized carbons (Fsp3) is 0.0909. The van der Waals surface area contributed by atoms with E-state index in [-0.39, 0.29) is 11.4 Å². The molecule has 0 N–H and O–H groups in total. The number of para-hydroxylation sites is 1. The van der Waals surface area contributed by atoms with Crippen LogP contribution in [0.4, 0.5) is 4.39 Å². The summed E-state index contributed by atoms with van der Waals surface area (Å²) in [4.78, 5) is 17.8. The van der Waals surface area contributed by atoms with Gasteiger partial charge in [0.05, 0.1) is 17.4 Å². The first-order valence-electron chi connectivity index (χ1n) is 8.72. The van der Waals surface area contributed by atoms with Gasteiger partial charge in [0.15, 0.2) is 5.16 Å². The highest BCUT2D eigenvalue weighted by Crippen LogP contribution is 2.26. The summed E-state index contributed by atoms with van der Waals surface area (Å²) in [5.41, 5.74) is 2.35. The van der Waals surface area contributed by atoms with Crippen molar-refractivity contribution in [3.05, 3.63) is 105 Å². The van der Waals surface area contributed by atoms with Gasteiger partial charge in [0.1, 0.15) is 5.82 Å². The first-order chi connectivity index (χ1) is 13.6. The topological polar surface area (TPSA) is 34.9 Å². The molecular weight excluding hydrogens is 395 g/mol. The molecule has 3 aromatic carbocycles. The van der Waals surface area contributed by atoms with Gasteiger partial charge in [0.25, 0.3) is 5.56 Å². The molecule has 6 heteroatoms. The number of aromatic nitrogens is 2. The first kappa shape index (κ1) is 18.7. The maximum Gasteiger partial charge on any atom is 0.262 e. The molecule has 0 amide bonds. The smallest absolute Gasteiger partial charge is 0.262 e. The van der Waals surface area contributed by atoms with Crippen molar-refractivity contribution in [3.8, 4) is 0 Å². The number of halogens is 2. The molecule has 1 heterocycles. The molecule has 0 aliphatic carbocycles. The van der Waals surface area contributed by atoms with Crippen LogP contribution in [0.5, 0.6) is 0 Å². The molecule has 0 spiro atoms. The van der Waals surface area contributed by atoms with Crippen molar-refractivity contribution in [2.75, 3.05) is 0 Å². The SMILES string of the molecule is O=c1c2ccccc2nc(SCc2ccccc2Cl)n1Cc1ccc(F)cc1. The molecule has 140 valence electrons. The summed E-state index contributed by atoms with van der Waals surface area (Å²) < 4.78 is 14.9. The third-order valence-corrected chi connectivity index (χ3v) is 5.79. The molecule has 0 aliphatic heterocycles. The number of hydrogen-bond acceptors (Lipinski definition) is 3. The van der Waals surface area contributed by atoms with E-state index in [1.165, 1.54) is 23.9 Å². The van der Waals surface area contributed by atoms with Crippen LogP contribution < -0.4 is 5.56 Å². The van der Waals surface area contributed by atoms with Crippen molar-refractivity contribution in [2.45, 2.75) is 17.5 Å². The molecule has 0 aliphatic rings. The summed E-state index contributed by atoms with van der Waals surface area (Å²) in [7, 11) is 0. The van der Waals surface area contributed by atoms with Gasteiger partial charge >= 0.3 is 0 Å². The zero-order chi connectivity index (χ0) is 19.5. The summed E-state index contributed by atoms with van der Waals surface area (Å²) in [6, 6.07) is 21.1. The largest absolute Gasteiger partial charge is 0.283 e. The molecule has 0 bridgehead atoms. The Labute approximate surface area is 170 Å². The van der Waals surface area contributed by atoms with Gasteiger partial charge in [-0.05, 0) is 41.5 Å². The summed E-state index contributed by atoms with van der Waals surface area (Å²) in [6.07, 6.45) is 0. The summed E-state index contributed by atoms with van der Waals surface area (Å²) >= 11 is 7.72. The molecule has 0 atom stereocenters. The van der Waals surface area contributed by atoms with E-state index < -0.39 is 0 Å².